The minimum absolute atomic E-state index is 0.157. The van der Waals surface area contributed by atoms with E-state index < -0.39 is 75.5 Å². The second kappa shape index (κ2) is 8.27. The third-order valence-electron chi connectivity index (χ3n) is 7.78. The summed E-state index contributed by atoms with van der Waals surface area (Å²) in [6.45, 7) is 0. The number of hydrogen-bond acceptors (Lipinski definition) is 9. The summed E-state index contributed by atoms with van der Waals surface area (Å²) in [6, 6.07) is 10.7. The molecule has 0 saturated heterocycles. The number of nitrogens with zero attached hydrogens (tertiary/aromatic N) is 1. The van der Waals surface area contributed by atoms with Gasteiger partial charge in [0.1, 0.15) is 22.8 Å². The average Bonchev–Trinajstić information content (AvgIpc) is 2.84. The van der Waals surface area contributed by atoms with Crippen LogP contribution in [0.25, 0.3) is 11.1 Å². The summed E-state index contributed by atoms with van der Waals surface area (Å²) in [5.41, 5.74) is 2.33. The molecule has 3 aliphatic rings. The number of phenolic OH excluding ortho intramolecular Hbond substituents is 1. The molecule has 0 spiro atoms. The van der Waals surface area contributed by atoms with Gasteiger partial charge >= 0.3 is 0 Å². The van der Waals surface area contributed by atoms with E-state index in [9.17, 15) is 39.9 Å². The Morgan fingerprint density at radius 3 is 2.30 bits per heavy atom. The summed E-state index contributed by atoms with van der Waals surface area (Å²) in [4.78, 5) is 40.6. The Bertz CT molecular complexity index is 1430. The number of carbonyl (C=O) groups is 3. The van der Waals surface area contributed by atoms with Crippen molar-refractivity contribution in [1.82, 2.24) is 4.90 Å². The average molecular weight is 507 g/mol. The van der Waals surface area contributed by atoms with Gasteiger partial charge in [-0.2, -0.15) is 0 Å². The number of phenols is 1. The number of amides is 1. The predicted molar refractivity (Wildman–Crippen MR) is 130 cm³/mol. The van der Waals surface area contributed by atoms with Gasteiger partial charge in [-0.1, -0.05) is 36.4 Å². The first-order valence-electron chi connectivity index (χ1n) is 11.7. The minimum Gasteiger partial charge on any atom is -0.510 e. The smallest absolute Gasteiger partial charge is 0.255 e. The molecule has 0 unspecified atom stereocenters. The number of benzene rings is 2. The van der Waals surface area contributed by atoms with Crippen LogP contribution in [0.3, 0.4) is 0 Å². The molecule has 0 radical (unpaired) electrons. The summed E-state index contributed by atoms with van der Waals surface area (Å²) in [5, 5.41) is 56.0. The van der Waals surface area contributed by atoms with Gasteiger partial charge < -0.3 is 31.3 Å². The van der Waals surface area contributed by atoms with Crippen molar-refractivity contribution in [3.8, 4) is 16.9 Å². The molecule has 7 N–H and O–H groups in total. The van der Waals surface area contributed by atoms with Crippen molar-refractivity contribution >= 4 is 17.5 Å². The normalized spacial score (nSPS) is 29.2. The molecule has 1 amide bonds. The van der Waals surface area contributed by atoms with Crippen LogP contribution in [0.1, 0.15) is 28.4 Å². The largest absolute Gasteiger partial charge is 0.510 e. The highest BCUT2D eigenvalue weighted by molar-refractivity contribution is 6.25. The van der Waals surface area contributed by atoms with Crippen molar-refractivity contribution in [2.24, 2.45) is 17.6 Å². The molecule has 0 heterocycles. The Kier molecular flexibility index (Phi) is 5.52. The predicted octanol–water partition coefficient (Wildman–Crippen LogP) is 1.28. The number of aromatic hydroxyl groups is 1. The Hall–Kier alpha value is -3.99. The van der Waals surface area contributed by atoms with E-state index >= 15 is 0 Å². The van der Waals surface area contributed by atoms with E-state index in [0.29, 0.717) is 11.1 Å². The molecule has 0 bridgehead atoms. The first-order valence-corrected chi connectivity index (χ1v) is 11.7. The zero-order valence-corrected chi connectivity index (χ0v) is 20.0. The maximum Gasteiger partial charge on any atom is 0.255 e. The lowest BCUT2D eigenvalue weighted by atomic mass is 9.57. The summed E-state index contributed by atoms with van der Waals surface area (Å²) in [6.07, 6.45) is -1.63. The molecule has 0 fully saturated rings. The number of likely N-dealkylation sites (N-methyl/N-ethyl adjacent to an activating group) is 1. The maximum absolute atomic E-state index is 13.8. The van der Waals surface area contributed by atoms with Crippen molar-refractivity contribution < 1.29 is 39.9 Å². The highest BCUT2D eigenvalue weighted by Gasteiger charge is 2.64. The second-order valence-electron chi connectivity index (χ2n) is 9.90. The van der Waals surface area contributed by atoms with E-state index in [1.807, 2.05) is 0 Å². The quantitative estimate of drug-likeness (QED) is 0.334. The Morgan fingerprint density at radius 1 is 1.05 bits per heavy atom. The molecule has 0 aliphatic heterocycles. The van der Waals surface area contributed by atoms with Gasteiger partial charge in [0.2, 0.25) is 5.78 Å². The van der Waals surface area contributed by atoms with Gasteiger partial charge in [-0.3, -0.25) is 19.3 Å². The Morgan fingerprint density at radius 2 is 1.70 bits per heavy atom. The first-order chi connectivity index (χ1) is 17.4. The van der Waals surface area contributed by atoms with Crippen LogP contribution in [0.4, 0.5) is 0 Å². The number of carbonyl (C=O) groups excluding carboxylic acids is 3. The van der Waals surface area contributed by atoms with Crippen LogP contribution >= 0.6 is 0 Å². The van der Waals surface area contributed by atoms with Crippen LogP contribution < -0.4 is 5.73 Å². The molecular weight excluding hydrogens is 480 g/mol. The molecule has 0 aromatic heterocycles. The molecule has 5 atom stereocenters. The summed E-state index contributed by atoms with van der Waals surface area (Å²) in [5.74, 6) is -7.96. The van der Waals surface area contributed by atoms with Crippen LogP contribution in [0.15, 0.2) is 65.1 Å². The summed E-state index contributed by atoms with van der Waals surface area (Å²) < 4.78 is 0. The second-order valence-corrected chi connectivity index (χ2v) is 9.90. The van der Waals surface area contributed by atoms with E-state index in [2.05, 4.69) is 0 Å². The fourth-order valence-electron chi connectivity index (χ4n) is 6.16. The van der Waals surface area contributed by atoms with Crippen LogP contribution in [-0.2, 0) is 9.59 Å². The lowest BCUT2D eigenvalue weighted by Gasteiger charge is -2.51. The van der Waals surface area contributed by atoms with Crippen molar-refractivity contribution in [1.29, 1.82) is 0 Å². The maximum atomic E-state index is 13.8. The number of rotatable bonds is 3. The topological polar surface area (TPSA) is 182 Å². The molecule has 2 aromatic rings. The fraction of sp³-hybridized carbons (Fsp3) is 0.296. The monoisotopic (exact) mass is 506 g/mol. The van der Waals surface area contributed by atoms with Crippen LogP contribution in [0.2, 0.25) is 0 Å². The van der Waals surface area contributed by atoms with Gasteiger partial charge in [0.25, 0.3) is 5.91 Å². The molecule has 37 heavy (non-hydrogen) atoms. The van der Waals surface area contributed by atoms with Gasteiger partial charge in [-0.25, -0.2) is 0 Å². The van der Waals surface area contributed by atoms with E-state index in [1.54, 1.807) is 36.4 Å². The van der Waals surface area contributed by atoms with Crippen molar-refractivity contribution in [3.05, 3.63) is 76.3 Å². The SMILES string of the molecule is CN(C)[C@@H]1C(O)=C(C(N)=O)C(=O)[C@@]2(O)C(O)=C3C(=O)c4c(O)ccc(-c5ccccc5)c4[C@H](O)[C@H]3C[C@@H]12. The molecular formula is C27H26N2O8. The van der Waals surface area contributed by atoms with Gasteiger partial charge in [0.05, 0.1) is 17.7 Å². The number of nitrogens with two attached hydrogens (primary N) is 1. The van der Waals surface area contributed by atoms with E-state index in [4.69, 9.17) is 5.73 Å². The summed E-state index contributed by atoms with van der Waals surface area (Å²) in [7, 11) is 3.07. The van der Waals surface area contributed by atoms with E-state index in [-0.39, 0.29) is 17.5 Å². The number of aliphatic hydroxyl groups excluding tert-OH is 3. The van der Waals surface area contributed by atoms with Crippen LogP contribution in [0.5, 0.6) is 5.75 Å². The van der Waals surface area contributed by atoms with Gasteiger partial charge in [0, 0.05) is 23.0 Å². The Balaban J connectivity index is 1.78. The standard InChI is InChI=1S/C27H26N2O8/c1-29(2)20-14-10-13-17(24(34)27(14,37)25(35)19(23(20)33)26(28)36)22(32)18-15(30)9-8-12(16(18)21(13)31)11-6-4-3-5-7-11/h3-9,13-14,20-21,30-31,33-34,37H,10H2,1-2H3,(H2,28,36)/t13-,14-,20-,21+,27-/m0/s1. The van der Waals surface area contributed by atoms with E-state index in [0.717, 1.165) is 0 Å². The molecule has 10 nitrogen and oxygen atoms in total. The minimum atomic E-state index is -2.77. The van der Waals surface area contributed by atoms with Crippen molar-refractivity contribution in [2.45, 2.75) is 24.2 Å². The molecule has 3 aliphatic carbocycles. The van der Waals surface area contributed by atoms with Gasteiger partial charge in [-0.15, -0.1) is 0 Å². The number of Topliss-reactive ketones (excluding diaryl/α,β-unsaturated/α-hetero) is 2. The van der Waals surface area contributed by atoms with Gasteiger partial charge in [0.15, 0.2) is 11.4 Å². The summed E-state index contributed by atoms with van der Waals surface area (Å²) >= 11 is 0. The number of primary amides is 1. The molecule has 2 aromatic carbocycles. The number of ketones is 2. The zero-order chi connectivity index (χ0) is 27.0. The third-order valence-corrected chi connectivity index (χ3v) is 7.78. The molecule has 192 valence electrons. The molecule has 0 saturated carbocycles. The number of fused-ring (bicyclic) bond motifs is 3. The molecule has 10 heteroatoms. The highest BCUT2D eigenvalue weighted by atomic mass is 16.3. The van der Waals surface area contributed by atoms with E-state index in [1.165, 1.54) is 25.1 Å². The van der Waals surface area contributed by atoms with Crippen LogP contribution in [0, 0.1) is 11.8 Å². The number of hydrogen-bond donors (Lipinski definition) is 6. The lowest BCUT2D eigenvalue weighted by molar-refractivity contribution is -0.149. The number of aliphatic hydroxyl groups is 4. The van der Waals surface area contributed by atoms with Crippen LogP contribution in [-0.4, -0.2) is 73.6 Å². The lowest BCUT2D eigenvalue weighted by Crippen LogP contribution is -2.64. The third kappa shape index (κ3) is 3.19. The highest BCUT2D eigenvalue weighted by Crippen LogP contribution is 2.56. The van der Waals surface area contributed by atoms with Crippen molar-refractivity contribution in [2.75, 3.05) is 14.1 Å². The Labute approximate surface area is 211 Å². The zero-order valence-electron chi connectivity index (χ0n) is 20.0. The first kappa shape index (κ1) is 24.7. The molecule has 5 rings (SSSR count). The fourth-order valence-corrected chi connectivity index (χ4v) is 6.16. The van der Waals surface area contributed by atoms with Gasteiger partial charge in [-0.05, 0) is 37.7 Å². The van der Waals surface area contributed by atoms with Crippen molar-refractivity contribution in [3.63, 3.8) is 0 Å².